The molecule has 4 rings (SSSR count). The van der Waals surface area contributed by atoms with E-state index >= 15 is 0 Å². The van der Waals surface area contributed by atoms with Gasteiger partial charge in [-0.2, -0.15) is 0 Å². The third-order valence-corrected chi connectivity index (χ3v) is 7.64. The summed E-state index contributed by atoms with van der Waals surface area (Å²) in [6.45, 7) is 6.79. The van der Waals surface area contributed by atoms with E-state index in [1.165, 1.54) is 17.7 Å². The average molecular weight is 504 g/mol. The molecule has 2 saturated heterocycles. The summed E-state index contributed by atoms with van der Waals surface area (Å²) in [6.07, 6.45) is -0.301. The normalized spacial score (nSPS) is 19.2. The standard InChI is InChI=1S/C28H36F3N3O2/c1-27(14-19-34(20-15-27)24-9-5-6-10-25(24)36-28(29,30)31)26(35)32-16-11-22-12-17-33(18-13-22)21-23-7-3-2-4-8-23/h2-10,22H,11-21H2,1H3,(H,32,35). The molecule has 0 radical (unpaired) electrons. The molecule has 0 unspecified atom stereocenters. The van der Waals surface area contributed by atoms with E-state index in [0.29, 0.717) is 44.1 Å². The van der Waals surface area contributed by atoms with Crippen LogP contribution in [0.15, 0.2) is 54.6 Å². The molecule has 8 heteroatoms. The average Bonchev–Trinajstić information content (AvgIpc) is 2.86. The predicted molar refractivity (Wildman–Crippen MR) is 135 cm³/mol. The van der Waals surface area contributed by atoms with Gasteiger partial charge in [-0.1, -0.05) is 49.4 Å². The third kappa shape index (κ3) is 7.15. The highest BCUT2D eigenvalue weighted by molar-refractivity contribution is 5.82. The fourth-order valence-corrected chi connectivity index (χ4v) is 5.28. The molecule has 2 fully saturated rings. The number of anilines is 1. The second-order valence-electron chi connectivity index (χ2n) is 10.3. The van der Waals surface area contributed by atoms with Crippen molar-refractivity contribution in [2.45, 2.75) is 51.9 Å². The van der Waals surface area contributed by atoms with Crippen LogP contribution in [-0.2, 0) is 11.3 Å². The van der Waals surface area contributed by atoms with Crippen molar-refractivity contribution >= 4 is 11.6 Å². The number of benzene rings is 2. The van der Waals surface area contributed by atoms with Crippen molar-refractivity contribution in [3.05, 3.63) is 60.2 Å². The van der Waals surface area contributed by atoms with Crippen LogP contribution in [0.5, 0.6) is 5.75 Å². The molecule has 0 spiro atoms. The topological polar surface area (TPSA) is 44.8 Å². The molecule has 0 saturated carbocycles. The molecule has 2 aromatic rings. The van der Waals surface area contributed by atoms with Crippen molar-refractivity contribution in [1.82, 2.24) is 10.2 Å². The van der Waals surface area contributed by atoms with E-state index in [1.807, 2.05) is 17.9 Å². The van der Waals surface area contributed by atoms with Crippen LogP contribution in [0.4, 0.5) is 18.9 Å². The number of halogens is 3. The molecular formula is C28H36F3N3O2. The van der Waals surface area contributed by atoms with E-state index < -0.39 is 11.8 Å². The van der Waals surface area contributed by atoms with Crippen molar-refractivity contribution < 1.29 is 22.7 Å². The zero-order valence-corrected chi connectivity index (χ0v) is 20.9. The maximum Gasteiger partial charge on any atom is 0.573 e. The van der Waals surface area contributed by atoms with Crippen molar-refractivity contribution in [3.63, 3.8) is 0 Å². The van der Waals surface area contributed by atoms with Gasteiger partial charge in [0.15, 0.2) is 5.75 Å². The Bertz CT molecular complexity index is 983. The zero-order chi connectivity index (χ0) is 25.6. The second-order valence-corrected chi connectivity index (χ2v) is 10.3. The molecular weight excluding hydrogens is 467 g/mol. The summed E-state index contributed by atoms with van der Waals surface area (Å²) in [7, 11) is 0. The maximum absolute atomic E-state index is 13.0. The summed E-state index contributed by atoms with van der Waals surface area (Å²) in [5, 5.41) is 3.14. The lowest BCUT2D eigenvalue weighted by Gasteiger charge is -2.40. The Morgan fingerprint density at radius 3 is 2.31 bits per heavy atom. The number of carbonyl (C=O) groups is 1. The SMILES string of the molecule is CC1(C(=O)NCCC2CCN(Cc3ccccc3)CC2)CCN(c2ccccc2OC(F)(F)F)CC1. The molecule has 2 aliphatic rings. The molecule has 0 atom stereocenters. The van der Waals surface area contributed by atoms with Gasteiger partial charge in [-0.25, -0.2) is 0 Å². The van der Waals surface area contributed by atoms with Crippen LogP contribution in [0.3, 0.4) is 0 Å². The first-order valence-corrected chi connectivity index (χ1v) is 12.9. The Hall–Kier alpha value is -2.74. The number of para-hydroxylation sites is 2. The first-order valence-electron chi connectivity index (χ1n) is 12.9. The lowest BCUT2D eigenvalue weighted by molar-refractivity contribution is -0.274. The molecule has 36 heavy (non-hydrogen) atoms. The molecule has 5 nitrogen and oxygen atoms in total. The predicted octanol–water partition coefficient (Wildman–Crippen LogP) is 5.61. The first kappa shape index (κ1) is 26.3. The second kappa shape index (κ2) is 11.5. The van der Waals surface area contributed by atoms with E-state index in [-0.39, 0.29) is 11.7 Å². The number of ether oxygens (including phenoxy) is 1. The number of piperidine rings is 2. The van der Waals surface area contributed by atoms with Crippen molar-refractivity contribution in [3.8, 4) is 5.75 Å². The van der Waals surface area contributed by atoms with Crippen LogP contribution < -0.4 is 15.0 Å². The third-order valence-electron chi connectivity index (χ3n) is 7.64. The van der Waals surface area contributed by atoms with E-state index in [4.69, 9.17) is 0 Å². The van der Waals surface area contributed by atoms with Gasteiger partial charge >= 0.3 is 6.36 Å². The van der Waals surface area contributed by atoms with Gasteiger partial charge in [-0.15, -0.1) is 13.2 Å². The molecule has 0 aliphatic carbocycles. The van der Waals surface area contributed by atoms with E-state index in [2.05, 4.69) is 39.2 Å². The van der Waals surface area contributed by atoms with Gasteiger partial charge in [0, 0.05) is 31.6 Å². The van der Waals surface area contributed by atoms with Gasteiger partial charge in [-0.3, -0.25) is 9.69 Å². The fraction of sp³-hybridized carbons (Fsp3) is 0.536. The van der Waals surface area contributed by atoms with Crippen LogP contribution in [-0.4, -0.2) is 49.9 Å². The monoisotopic (exact) mass is 503 g/mol. The molecule has 1 N–H and O–H groups in total. The minimum Gasteiger partial charge on any atom is -0.404 e. The summed E-state index contributed by atoms with van der Waals surface area (Å²) in [4.78, 5) is 17.4. The van der Waals surface area contributed by atoms with E-state index in [9.17, 15) is 18.0 Å². The Morgan fingerprint density at radius 1 is 1.00 bits per heavy atom. The van der Waals surface area contributed by atoms with Gasteiger partial charge in [-0.05, 0) is 68.8 Å². The van der Waals surface area contributed by atoms with Crippen LogP contribution in [0, 0.1) is 11.3 Å². The van der Waals surface area contributed by atoms with Crippen LogP contribution in [0.25, 0.3) is 0 Å². The van der Waals surface area contributed by atoms with Crippen molar-refractivity contribution in [1.29, 1.82) is 0 Å². The Balaban J connectivity index is 1.19. The highest BCUT2D eigenvalue weighted by atomic mass is 19.4. The van der Waals surface area contributed by atoms with E-state index in [1.54, 1.807) is 12.1 Å². The van der Waals surface area contributed by atoms with Gasteiger partial charge in [0.1, 0.15) is 0 Å². The van der Waals surface area contributed by atoms with Gasteiger partial charge in [0.05, 0.1) is 5.69 Å². The van der Waals surface area contributed by atoms with Gasteiger partial charge in [0.25, 0.3) is 0 Å². The van der Waals surface area contributed by atoms with Crippen LogP contribution in [0.2, 0.25) is 0 Å². The first-order chi connectivity index (χ1) is 17.2. The summed E-state index contributed by atoms with van der Waals surface area (Å²) in [6, 6.07) is 16.7. The fourth-order valence-electron chi connectivity index (χ4n) is 5.28. The number of hydrogen-bond acceptors (Lipinski definition) is 4. The Kier molecular flexibility index (Phi) is 8.44. The maximum atomic E-state index is 13.0. The summed E-state index contributed by atoms with van der Waals surface area (Å²) in [5.41, 5.74) is 1.24. The van der Waals surface area contributed by atoms with Gasteiger partial charge < -0.3 is 15.0 Å². The quantitative estimate of drug-likeness (QED) is 0.509. The summed E-state index contributed by atoms with van der Waals surface area (Å²) in [5.74, 6) is 0.466. The number of carbonyl (C=O) groups excluding carboxylic acids is 1. The van der Waals surface area contributed by atoms with Crippen molar-refractivity contribution in [2.24, 2.45) is 11.3 Å². The minimum absolute atomic E-state index is 0.0449. The molecule has 0 aromatic heterocycles. The zero-order valence-electron chi connectivity index (χ0n) is 20.9. The summed E-state index contributed by atoms with van der Waals surface area (Å²) >= 11 is 0. The molecule has 2 heterocycles. The molecule has 2 aliphatic heterocycles. The summed E-state index contributed by atoms with van der Waals surface area (Å²) < 4.78 is 42.6. The number of nitrogens with zero attached hydrogens (tertiary/aromatic N) is 2. The number of likely N-dealkylation sites (tertiary alicyclic amines) is 1. The van der Waals surface area contributed by atoms with Crippen molar-refractivity contribution in [2.75, 3.05) is 37.6 Å². The van der Waals surface area contributed by atoms with Crippen LogP contribution >= 0.6 is 0 Å². The lowest BCUT2D eigenvalue weighted by Crippen LogP contribution is -2.48. The molecule has 196 valence electrons. The number of hydrogen-bond donors (Lipinski definition) is 1. The highest BCUT2D eigenvalue weighted by Gasteiger charge is 2.38. The number of alkyl halides is 3. The smallest absolute Gasteiger partial charge is 0.404 e. The highest BCUT2D eigenvalue weighted by Crippen LogP contribution is 2.38. The number of nitrogens with one attached hydrogen (secondary N) is 1. The number of rotatable bonds is 8. The van der Waals surface area contributed by atoms with E-state index in [0.717, 1.165) is 38.9 Å². The minimum atomic E-state index is -4.74. The van der Waals surface area contributed by atoms with Crippen LogP contribution in [0.1, 0.15) is 44.6 Å². The molecule has 1 amide bonds. The van der Waals surface area contributed by atoms with Gasteiger partial charge in [0.2, 0.25) is 5.91 Å². The molecule has 2 aromatic carbocycles. The Morgan fingerprint density at radius 2 is 1.64 bits per heavy atom. The lowest BCUT2D eigenvalue weighted by atomic mass is 9.79. The molecule has 0 bridgehead atoms. The number of amides is 1. The Labute approximate surface area is 211 Å². The largest absolute Gasteiger partial charge is 0.573 e.